The average molecular weight is 285 g/mol. The van der Waals surface area contributed by atoms with Crippen LogP contribution in [0.2, 0.25) is 0 Å². The predicted octanol–water partition coefficient (Wildman–Crippen LogP) is 2.62. The van der Waals surface area contributed by atoms with Crippen LogP contribution in [0.5, 0.6) is 5.75 Å². The van der Waals surface area contributed by atoms with Crippen molar-refractivity contribution >= 4 is 17.5 Å². The Morgan fingerprint density at radius 2 is 1.62 bits per heavy atom. The number of ether oxygens (including phenoxy) is 1. The van der Waals surface area contributed by atoms with Crippen LogP contribution in [-0.4, -0.2) is 18.4 Å². The molecule has 0 spiro atoms. The minimum absolute atomic E-state index is 0.0151. The van der Waals surface area contributed by atoms with Crippen LogP contribution in [0, 0.1) is 23.7 Å². The van der Waals surface area contributed by atoms with Gasteiger partial charge in [-0.05, 0) is 62.3 Å². The highest BCUT2D eigenvalue weighted by Gasteiger charge is 2.61. The number of hydrogen-bond donors (Lipinski definition) is 0. The van der Waals surface area contributed by atoms with Gasteiger partial charge in [-0.2, -0.15) is 0 Å². The fourth-order valence-electron chi connectivity index (χ4n) is 4.52. The summed E-state index contributed by atoms with van der Waals surface area (Å²) in [6, 6.07) is 7.26. The number of carbonyl (C=O) groups excluding carboxylic acids is 2. The van der Waals surface area contributed by atoms with Gasteiger partial charge in [0.05, 0.1) is 24.1 Å². The van der Waals surface area contributed by atoms with E-state index >= 15 is 0 Å². The molecular formula is C17H19NO3. The quantitative estimate of drug-likeness (QED) is 0.802. The SMILES string of the molecule is CCOc1ccc(N2C(=O)[C@@H]3[C@H]4CC[C@@H](C4)[C@@H]3C2=O)cc1. The highest BCUT2D eigenvalue weighted by atomic mass is 16.5. The Bertz CT molecular complexity index is 567. The Hall–Kier alpha value is -1.84. The number of nitrogens with zero attached hydrogens (tertiary/aromatic N) is 1. The van der Waals surface area contributed by atoms with Crippen LogP contribution in [-0.2, 0) is 9.59 Å². The average Bonchev–Trinajstić information content (AvgIpc) is 3.15. The molecule has 4 heteroatoms. The highest BCUT2D eigenvalue weighted by molar-refractivity contribution is 6.22. The van der Waals surface area contributed by atoms with Gasteiger partial charge in [0.15, 0.2) is 0 Å². The molecule has 0 unspecified atom stereocenters. The molecule has 1 aromatic carbocycles. The summed E-state index contributed by atoms with van der Waals surface area (Å²) >= 11 is 0. The van der Waals surface area contributed by atoms with Gasteiger partial charge in [0.2, 0.25) is 11.8 Å². The second-order valence-electron chi connectivity index (χ2n) is 6.32. The molecule has 21 heavy (non-hydrogen) atoms. The largest absolute Gasteiger partial charge is 0.494 e. The summed E-state index contributed by atoms with van der Waals surface area (Å²) in [6.45, 7) is 2.53. The molecule has 1 heterocycles. The number of imide groups is 1. The molecular weight excluding hydrogens is 266 g/mol. The molecule has 2 saturated carbocycles. The summed E-state index contributed by atoms with van der Waals surface area (Å²) in [7, 11) is 0. The van der Waals surface area contributed by atoms with E-state index in [1.165, 1.54) is 4.90 Å². The fraction of sp³-hybridized carbons (Fsp3) is 0.529. The lowest BCUT2D eigenvalue weighted by atomic mass is 9.81. The number of rotatable bonds is 3. The van der Waals surface area contributed by atoms with E-state index in [4.69, 9.17) is 4.74 Å². The van der Waals surface area contributed by atoms with Crippen molar-refractivity contribution < 1.29 is 14.3 Å². The Morgan fingerprint density at radius 3 is 2.14 bits per heavy atom. The second-order valence-corrected chi connectivity index (χ2v) is 6.32. The van der Waals surface area contributed by atoms with E-state index in [1.54, 1.807) is 0 Å². The number of anilines is 1. The van der Waals surface area contributed by atoms with Gasteiger partial charge >= 0.3 is 0 Å². The summed E-state index contributed by atoms with van der Waals surface area (Å²) in [5.74, 6) is 1.56. The lowest BCUT2D eigenvalue weighted by Gasteiger charge is -2.19. The number of amides is 2. The van der Waals surface area contributed by atoms with Crippen molar-refractivity contribution in [2.75, 3.05) is 11.5 Å². The summed E-state index contributed by atoms with van der Waals surface area (Å²) in [4.78, 5) is 26.8. The van der Waals surface area contributed by atoms with Crippen molar-refractivity contribution in [3.63, 3.8) is 0 Å². The summed E-state index contributed by atoms with van der Waals surface area (Å²) in [6.07, 6.45) is 3.30. The van der Waals surface area contributed by atoms with Gasteiger partial charge < -0.3 is 4.74 Å². The monoisotopic (exact) mass is 285 g/mol. The first kappa shape index (κ1) is 12.9. The molecule has 2 aliphatic carbocycles. The Balaban J connectivity index is 1.64. The fourth-order valence-corrected chi connectivity index (χ4v) is 4.52. The van der Waals surface area contributed by atoms with E-state index in [-0.39, 0.29) is 23.7 Å². The van der Waals surface area contributed by atoms with Gasteiger partial charge in [0.25, 0.3) is 0 Å². The van der Waals surface area contributed by atoms with Crippen molar-refractivity contribution in [3.05, 3.63) is 24.3 Å². The van der Waals surface area contributed by atoms with Crippen LogP contribution in [0.1, 0.15) is 26.2 Å². The Kier molecular flexibility index (Phi) is 2.81. The first-order valence-electron chi connectivity index (χ1n) is 7.81. The summed E-state index contributed by atoms with van der Waals surface area (Å²) < 4.78 is 5.41. The van der Waals surface area contributed by atoms with Crippen molar-refractivity contribution in [2.45, 2.75) is 26.2 Å². The molecule has 4 rings (SSSR count). The van der Waals surface area contributed by atoms with Crippen LogP contribution in [0.25, 0.3) is 0 Å². The molecule has 1 aromatic rings. The van der Waals surface area contributed by atoms with Crippen LogP contribution in [0.3, 0.4) is 0 Å². The van der Waals surface area contributed by atoms with Crippen molar-refractivity contribution in [1.82, 2.24) is 0 Å². The maximum absolute atomic E-state index is 12.7. The van der Waals surface area contributed by atoms with E-state index in [0.717, 1.165) is 25.0 Å². The molecule has 4 nitrogen and oxygen atoms in total. The van der Waals surface area contributed by atoms with E-state index in [0.29, 0.717) is 24.1 Å². The first-order valence-corrected chi connectivity index (χ1v) is 7.81. The van der Waals surface area contributed by atoms with E-state index in [9.17, 15) is 9.59 Å². The van der Waals surface area contributed by atoms with E-state index < -0.39 is 0 Å². The van der Waals surface area contributed by atoms with Crippen LogP contribution < -0.4 is 9.64 Å². The van der Waals surface area contributed by atoms with Gasteiger partial charge in [-0.25, -0.2) is 0 Å². The second kappa shape index (κ2) is 4.58. The summed E-state index contributed by atoms with van der Waals surface area (Å²) in [5.41, 5.74) is 0.683. The third-order valence-corrected chi connectivity index (χ3v) is 5.33. The Labute approximate surface area is 124 Å². The van der Waals surface area contributed by atoms with Gasteiger partial charge in [0, 0.05) is 0 Å². The van der Waals surface area contributed by atoms with E-state index in [1.807, 2.05) is 31.2 Å². The molecule has 4 atom stereocenters. The van der Waals surface area contributed by atoms with Crippen molar-refractivity contribution in [3.8, 4) is 5.75 Å². The molecule has 1 aliphatic heterocycles. The number of fused-ring (bicyclic) bond motifs is 5. The third-order valence-electron chi connectivity index (χ3n) is 5.33. The molecule has 3 fully saturated rings. The molecule has 1 saturated heterocycles. The Morgan fingerprint density at radius 1 is 1.05 bits per heavy atom. The van der Waals surface area contributed by atoms with E-state index in [2.05, 4.69) is 0 Å². The highest BCUT2D eigenvalue weighted by Crippen LogP contribution is 2.56. The normalized spacial score (nSPS) is 33.7. The van der Waals surface area contributed by atoms with Crippen LogP contribution in [0.4, 0.5) is 5.69 Å². The first-order chi connectivity index (χ1) is 10.2. The lowest BCUT2D eigenvalue weighted by Crippen LogP contribution is -2.32. The molecule has 2 amide bonds. The zero-order valence-electron chi connectivity index (χ0n) is 12.1. The molecule has 0 aromatic heterocycles. The maximum atomic E-state index is 12.7. The standard InChI is InChI=1S/C17H19NO3/c1-2-21-13-7-5-12(6-8-13)18-16(19)14-10-3-4-11(9-10)15(14)17(18)20/h5-8,10-11,14-15H,2-4,9H2,1H3/t10-,11-,14-,15+/m0/s1. The van der Waals surface area contributed by atoms with Crippen molar-refractivity contribution in [2.24, 2.45) is 23.7 Å². The van der Waals surface area contributed by atoms with Crippen LogP contribution >= 0.6 is 0 Å². The minimum atomic E-state index is -0.0529. The predicted molar refractivity (Wildman–Crippen MR) is 77.9 cm³/mol. The third kappa shape index (κ3) is 1.74. The zero-order chi connectivity index (χ0) is 14.6. The zero-order valence-corrected chi connectivity index (χ0v) is 12.1. The molecule has 0 radical (unpaired) electrons. The molecule has 0 N–H and O–H groups in total. The smallest absolute Gasteiger partial charge is 0.237 e. The number of hydrogen-bond acceptors (Lipinski definition) is 3. The van der Waals surface area contributed by atoms with Gasteiger partial charge in [-0.1, -0.05) is 0 Å². The van der Waals surface area contributed by atoms with Gasteiger partial charge in [-0.3, -0.25) is 14.5 Å². The minimum Gasteiger partial charge on any atom is -0.494 e. The van der Waals surface area contributed by atoms with Gasteiger partial charge in [0.1, 0.15) is 5.75 Å². The molecule has 2 bridgehead atoms. The number of benzene rings is 1. The van der Waals surface area contributed by atoms with Crippen molar-refractivity contribution in [1.29, 1.82) is 0 Å². The summed E-state index contributed by atoms with van der Waals surface area (Å²) in [5, 5.41) is 0. The molecule has 3 aliphatic rings. The van der Waals surface area contributed by atoms with Crippen LogP contribution in [0.15, 0.2) is 24.3 Å². The lowest BCUT2D eigenvalue weighted by molar-refractivity contribution is -0.123. The maximum Gasteiger partial charge on any atom is 0.237 e. The van der Waals surface area contributed by atoms with Gasteiger partial charge in [-0.15, -0.1) is 0 Å². The molecule has 110 valence electrons. The number of carbonyl (C=O) groups is 2. The topological polar surface area (TPSA) is 46.6 Å².